The number of hydrogen-bond donors (Lipinski definition) is 2. The Balaban J connectivity index is 1.95. The van der Waals surface area contributed by atoms with Gasteiger partial charge in [0.05, 0.1) is 0 Å². The van der Waals surface area contributed by atoms with Gasteiger partial charge in [0, 0.05) is 6.04 Å². The van der Waals surface area contributed by atoms with Crippen LogP contribution in [0.5, 0.6) is 5.75 Å². The molecule has 20 heavy (non-hydrogen) atoms. The van der Waals surface area contributed by atoms with Crippen molar-refractivity contribution in [2.45, 2.75) is 51.6 Å². The predicted molar refractivity (Wildman–Crippen MR) is 79.9 cm³/mol. The van der Waals surface area contributed by atoms with Gasteiger partial charge in [0.1, 0.15) is 18.4 Å². The average molecular weight is 276 g/mol. The molecule has 0 aromatic heterocycles. The monoisotopic (exact) mass is 276 g/mol. The van der Waals surface area contributed by atoms with Gasteiger partial charge in [0.15, 0.2) is 0 Å². The summed E-state index contributed by atoms with van der Waals surface area (Å²) in [6.45, 7) is 6.71. The van der Waals surface area contributed by atoms with Gasteiger partial charge < -0.3 is 15.8 Å². The van der Waals surface area contributed by atoms with Gasteiger partial charge in [0.25, 0.3) is 0 Å². The number of aryl methyl sites for hydroxylation is 1. The van der Waals surface area contributed by atoms with E-state index in [9.17, 15) is 4.79 Å². The summed E-state index contributed by atoms with van der Waals surface area (Å²) in [6, 6.07) is 6.08. The van der Waals surface area contributed by atoms with Crippen LogP contribution in [0.2, 0.25) is 0 Å². The lowest BCUT2D eigenvalue weighted by Gasteiger charge is -2.17. The second kappa shape index (κ2) is 6.27. The van der Waals surface area contributed by atoms with Crippen LogP contribution in [0.25, 0.3) is 0 Å². The first-order valence-corrected chi connectivity index (χ1v) is 7.26. The first kappa shape index (κ1) is 14.9. The molecule has 2 rings (SSSR count). The Bertz CT molecular complexity index is 481. The van der Waals surface area contributed by atoms with E-state index in [1.807, 2.05) is 12.1 Å². The zero-order valence-corrected chi connectivity index (χ0v) is 12.5. The predicted octanol–water partition coefficient (Wildman–Crippen LogP) is 2.10. The van der Waals surface area contributed by atoms with E-state index in [2.05, 4.69) is 32.2 Å². The van der Waals surface area contributed by atoms with Crippen LogP contribution < -0.4 is 15.8 Å². The molecule has 1 aromatic carbocycles. The number of rotatable bonds is 7. The highest BCUT2D eigenvalue weighted by atomic mass is 16.5. The second-order valence-corrected chi connectivity index (χ2v) is 5.88. The Morgan fingerprint density at radius 1 is 1.45 bits per heavy atom. The van der Waals surface area contributed by atoms with Gasteiger partial charge in [0.2, 0.25) is 5.91 Å². The highest BCUT2D eigenvalue weighted by molar-refractivity contribution is 5.80. The number of amides is 1. The van der Waals surface area contributed by atoms with Crippen molar-refractivity contribution in [2.75, 3.05) is 6.61 Å². The minimum absolute atomic E-state index is 0.284. The van der Waals surface area contributed by atoms with Crippen molar-refractivity contribution in [3.05, 3.63) is 29.3 Å². The number of primary amides is 1. The highest BCUT2D eigenvalue weighted by Crippen LogP contribution is 2.24. The third-order valence-corrected chi connectivity index (χ3v) is 3.64. The van der Waals surface area contributed by atoms with E-state index in [1.165, 1.54) is 11.1 Å². The van der Waals surface area contributed by atoms with Crippen LogP contribution in [-0.2, 0) is 4.79 Å². The molecule has 1 aliphatic carbocycles. The molecule has 110 valence electrons. The third kappa shape index (κ3) is 3.97. The van der Waals surface area contributed by atoms with Crippen molar-refractivity contribution in [2.24, 2.45) is 5.73 Å². The van der Waals surface area contributed by atoms with Gasteiger partial charge in [-0.05, 0) is 48.9 Å². The number of nitrogens with two attached hydrogens (primary N) is 1. The van der Waals surface area contributed by atoms with Crippen molar-refractivity contribution in [3.8, 4) is 5.75 Å². The quantitative estimate of drug-likeness (QED) is 0.801. The van der Waals surface area contributed by atoms with E-state index >= 15 is 0 Å². The van der Waals surface area contributed by atoms with E-state index in [0.717, 1.165) is 18.6 Å². The van der Waals surface area contributed by atoms with Crippen LogP contribution in [0, 0.1) is 6.92 Å². The maximum atomic E-state index is 11.4. The second-order valence-electron chi connectivity index (χ2n) is 5.88. The molecule has 0 aliphatic heterocycles. The van der Waals surface area contributed by atoms with Crippen molar-refractivity contribution in [1.29, 1.82) is 0 Å². The fourth-order valence-corrected chi connectivity index (χ4v) is 2.31. The minimum atomic E-state index is -0.410. The normalized spacial score (nSPS) is 16.2. The average Bonchev–Trinajstić information content (AvgIpc) is 3.17. The molecule has 3 N–H and O–H groups in total. The van der Waals surface area contributed by atoms with Gasteiger partial charge >= 0.3 is 0 Å². The summed E-state index contributed by atoms with van der Waals surface area (Å²) in [7, 11) is 0. The molecule has 0 heterocycles. The maximum Gasteiger partial charge on any atom is 0.238 e. The molecule has 0 bridgehead atoms. The molecular weight excluding hydrogens is 252 g/mol. The van der Waals surface area contributed by atoms with Crippen LogP contribution in [0.1, 0.15) is 43.7 Å². The summed E-state index contributed by atoms with van der Waals surface area (Å²) in [6.07, 6.45) is 2.23. The van der Waals surface area contributed by atoms with E-state index in [0.29, 0.717) is 12.0 Å². The molecule has 1 fully saturated rings. The standard InChI is InChI=1S/C16H24N2O2/c1-10(2)14-7-6-13(8-11(14)3)20-9-15(16(17)19)18-12-4-5-12/h6-8,10,12,15,18H,4-5,9H2,1-3H3,(H2,17,19). The van der Waals surface area contributed by atoms with Crippen molar-refractivity contribution in [1.82, 2.24) is 5.32 Å². The van der Waals surface area contributed by atoms with Crippen LogP contribution in [-0.4, -0.2) is 24.6 Å². The van der Waals surface area contributed by atoms with Crippen molar-refractivity contribution in [3.63, 3.8) is 0 Å². The lowest BCUT2D eigenvalue weighted by Crippen LogP contribution is -2.46. The molecule has 1 unspecified atom stereocenters. The van der Waals surface area contributed by atoms with E-state index < -0.39 is 6.04 Å². The molecule has 0 saturated heterocycles. The molecule has 0 spiro atoms. The van der Waals surface area contributed by atoms with Crippen LogP contribution in [0.3, 0.4) is 0 Å². The van der Waals surface area contributed by atoms with E-state index in [4.69, 9.17) is 10.5 Å². The molecule has 1 saturated carbocycles. The Morgan fingerprint density at radius 2 is 2.15 bits per heavy atom. The molecule has 1 aliphatic rings. The largest absolute Gasteiger partial charge is 0.491 e. The highest BCUT2D eigenvalue weighted by Gasteiger charge is 2.27. The Labute approximate surface area is 120 Å². The lowest BCUT2D eigenvalue weighted by molar-refractivity contribution is -0.120. The van der Waals surface area contributed by atoms with Gasteiger partial charge in [-0.3, -0.25) is 4.79 Å². The molecule has 0 radical (unpaired) electrons. The number of benzene rings is 1. The number of nitrogens with one attached hydrogen (secondary N) is 1. The lowest BCUT2D eigenvalue weighted by atomic mass is 9.98. The molecule has 1 atom stereocenters. The van der Waals surface area contributed by atoms with Crippen LogP contribution in [0.15, 0.2) is 18.2 Å². The third-order valence-electron chi connectivity index (χ3n) is 3.64. The van der Waals surface area contributed by atoms with Gasteiger partial charge in [-0.15, -0.1) is 0 Å². The fourth-order valence-electron chi connectivity index (χ4n) is 2.31. The zero-order chi connectivity index (χ0) is 14.7. The Kier molecular flexibility index (Phi) is 4.65. The summed E-state index contributed by atoms with van der Waals surface area (Å²) in [5.74, 6) is 0.933. The number of carbonyl (C=O) groups excluding carboxylic acids is 1. The van der Waals surface area contributed by atoms with E-state index in [-0.39, 0.29) is 12.5 Å². The first-order chi connectivity index (χ1) is 9.47. The summed E-state index contributed by atoms with van der Waals surface area (Å²) in [5.41, 5.74) is 7.92. The van der Waals surface area contributed by atoms with Crippen LogP contribution in [0.4, 0.5) is 0 Å². The topological polar surface area (TPSA) is 64.3 Å². The summed E-state index contributed by atoms with van der Waals surface area (Å²) >= 11 is 0. The van der Waals surface area contributed by atoms with Crippen molar-refractivity contribution < 1.29 is 9.53 Å². The summed E-state index contributed by atoms with van der Waals surface area (Å²) in [4.78, 5) is 11.4. The van der Waals surface area contributed by atoms with Crippen molar-refractivity contribution >= 4 is 5.91 Å². The number of ether oxygens (including phenoxy) is 1. The molecule has 1 aromatic rings. The molecule has 1 amide bonds. The van der Waals surface area contributed by atoms with Crippen LogP contribution >= 0.6 is 0 Å². The molecular formula is C16H24N2O2. The molecule has 4 heteroatoms. The number of carbonyl (C=O) groups is 1. The molecule has 4 nitrogen and oxygen atoms in total. The van der Waals surface area contributed by atoms with Gasteiger partial charge in [-0.25, -0.2) is 0 Å². The van der Waals surface area contributed by atoms with Gasteiger partial charge in [-0.1, -0.05) is 19.9 Å². The fraction of sp³-hybridized carbons (Fsp3) is 0.562. The first-order valence-electron chi connectivity index (χ1n) is 7.26. The van der Waals surface area contributed by atoms with E-state index in [1.54, 1.807) is 0 Å². The minimum Gasteiger partial charge on any atom is -0.491 e. The maximum absolute atomic E-state index is 11.4. The summed E-state index contributed by atoms with van der Waals surface area (Å²) in [5, 5.41) is 3.21. The Hall–Kier alpha value is -1.55. The summed E-state index contributed by atoms with van der Waals surface area (Å²) < 4.78 is 5.71. The van der Waals surface area contributed by atoms with Gasteiger partial charge in [-0.2, -0.15) is 0 Å². The Morgan fingerprint density at radius 3 is 2.65 bits per heavy atom. The smallest absolute Gasteiger partial charge is 0.238 e. The number of hydrogen-bond acceptors (Lipinski definition) is 3. The SMILES string of the molecule is Cc1cc(OCC(NC2CC2)C(N)=O)ccc1C(C)C. The zero-order valence-electron chi connectivity index (χ0n) is 12.5.